The van der Waals surface area contributed by atoms with Crippen molar-refractivity contribution >= 4 is 27.5 Å². The molecule has 0 atom stereocenters. The van der Waals surface area contributed by atoms with Crippen LogP contribution in [0.25, 0.3) is 0 Å². The van der Waals surface area contributed by atoms with Gasteiger partial charge in [0.1, 0.15) is 12.4 Å². The molecule has 0 unspecified atom stereocenters. The van der Waals surface area contributed by atoms with Gasteiger partial charge in [-0.05, 0) is 24.3 Å². The van der Waals surface area contributed by atoms with E-state index < -0.39 is 0 Å². The van der Waals surface area contributed by atoms with Crippen molar-refractivity contribution in [3.8, 4) is 11.8 Å². The van der Waals surface area contributed by atoms with Gasteiger partial charge >= 0.3 is 0 Å². The molecule has 19 heavy (non-hydrogen) atoms. The van der Waals surface area contributed by atoms with E-state index in [1.165, 1.54) is 0 Å². The maximum atomic E-state index is 8.76. The first kappa shape index (κ1) is 13.9. The second-order valence-electron chi connectivity index (χ2n) is 3.83. The zero-order chi connectivity index (χ0) is 13.7. The molecular formula is C14H10BrClN2O. The van der Waals surface area contributed by atoms with E-state index in [0.717, 1.165) is 11.3 Å². The largest absolute Gasteiger partial charge is 0.487 e. The molecular weight excluding hydrogens is 328 g/mol. The van der Waals surface area contributed by atoms with Gasteiger partial charge < -0.3 is 4.74 Å². The van der Waals surface area contributed by atoms with Gasteiger partial charge in [-0.3, -0.25) is 4.98 Å². The Morgan fingerprint density at radius 2 is 2.16 bits per heavy atom. The molecule has 1 heterocycles. The maximum absolute atomic E-state index is 8.76. The van der Waals surface area contributed by atoms with Crippen LogP contribution >= 0.6 is 27.5 Å². The van der Waals surface area contributed by atoms with E-state index in [9.17, 15) is 0 Å². The summed E-state index contributed by atoms with van der Waals surface area (Å²) in [5.41, 5.74) is 2.33. The number of halogens is 2. The molecule has 96 valence electrons. The maximum Gasteiger partial charge on any atom is 0.138 e. The molecule has 0 saturated heterocycles. The van der Waals surface area contributed by atoms with Crippen LogP contribution in [-0.2, 0) is 11.9 Å². The third kappa shape index (κ3) is 3.69. The lowest BCUT2D eigenvalue weighted by molar-refractivity contribution is 0.305. The van der Waals surface area contributed by atoms with Crippen molar-refractivity contribution in [2.75, 3.05) is 0 Å². The Kier molecular flexibility index (Phi) is 4.78. The van der Waals surface area contributed by atoms with E-state index >= 15 is 0 Å². The quantitative estimate of drug-likeness (QED) is 0.790. The van der Waals surface area contributed by atoms with Crippen molar-refractivity contribution in [2.24, 2.45) is 0 Å². The van der Waals surface area contributed by atoms with Gasteiger partial charge in [0.25, 0.3) is 0 Å². The number of nitrogens with zero attached hydrogens (tertiary/aromatic N) is 2. The number of aromatic nitrogens is 1. The molecule has 0 aliphatic rings. The number of benzene rings is 1. The first-order valence-electron chi connectivity index (χ1n) is 5.55. The van der Waals surface area contributed by atoms with Gasteiger partial charge in [0.2, 0.25) is 0 Å². The van der Waals surface area contributed by atoms with Gasteiger partial charge in [0, 0.05) is 15.9 Å². The summed E-state index contributed by atoms with van der Waals surface area (Å²) in [6.07, 6.45) is 1.67. The van der Waals surface area contributed by atoms with Crippen LogP contribution in [0.1, 0.15) is 16.8 Å². The Labute approximate surface area is 124 Å². The van der Waals surface area contributed by atoms with Crippen LogP contribution < -0.4 is 4.74 Å². The van der Waals surface area contributed by atoms with E-state index in [-0.39, 0.29) is 0 Å². The predicted octanol–water partition coefficient (Wildman–Crippen LogP) is 4.08. The first-order chi connectivity index (χ1) is 9.22. The number of hydrogen-bond donors (Lipinski definition) is 0. The van der Waals surface area contributed by atoms with Gasteiger partial charge in [-0.15, -0.1) is 0 Å². The summed E-state index contributed by atoms with van der Waals surface area (Å²) in [6, 6.07) is 10.9. The highest BCUT2D eigenvalue weighted by molar-refractivity contribution is 9.08. The van der Waals surface area contributed by atoms with E-state index in [0.29, 0.717) is 28.3 Å². The second kappa shape index (κ2) is 6.55. The van der Waals surface area contributed by atoms with Crippen molar-refractivity contribution in [2.45, 2.75) is 11.9 Å². The van der Waals surface area contributed by atoms with Crippen LogP contribution in [-0.4, -0.2) is 4.98 Å². The van der Waals surface area contributed by atoms with Gasteiger partial charge in [-0.25, -0.2) is 0 Å². The van der Waals surface area contributed by atoms with Gasteiger partial charge in [-0.2, -0.15) is 5.26 Å². The molecule has 0 fully saturated rings. The number of ether oxygens (including phenoxy) is 1. The molecule has 2 aromatic rings. The summed E-state index contributed by atoms with van der Waals surface area (Å²) < 4.78 is 5.60. The van der Waals surface area contributed by atoms with Crippen LogP contribution in [0.2, 0.25) is 5.02 Å². The topological polar surface area (TPSA) is 45.9 Å². The normalized spacial score (nSPS) is 9.95. The molecule has 2 rings (SSSR count). The number of rotatable bonds is 4. The van der Waals surface area contributed by atoms with E-state index in [1.54, 1.807) is 24.4 Å². The minimum Gasteiger partial charge on any atom is -0.487 e. The minimum atomic E-state index is 0.347. The third-order valence-electron chi connectivity index (χ3n) is 2.51. The Morgan fingerprint density at radius 1 is 1.32 bits per heavy atom. The van der Waals surface area contributed by atoms with Crippen LogP contribution in [0, 0.1) is 11.3 Å². The summed E-state index contributed by atoms with van der Waals surface area (Å²) in [6.45, 7) is 0.347. The number of hydrogen-bond acceptors (Lipinski definition) is 3. The standard InChI is InChI=1S/C14H10BrClN2O/c15-6-12-3-4-13(8-18-12)19-9-11-2-1-10(7-17)5-14(11)16/h1-5,8H,6,9H2. The van der Waals surface area contributed by atoms with Crippen molar-refractivity contribution in [3.05, 3.63) is 58.4 Å². The Morgan fingerprint density at radius 3 is 2.74 bits per heavy atom. The SMILES string of the molecule is N#Cc1ccc(COc2ccc(CBr)nc2)c(Cl)c1. The summed E-state index contributed by atoms with van der Waals surface area (Å²) in [4.78, 5) is 4.21. The average Bonchev–Trinajstić information content (AvgIpc) is 2.46. The Bertz CT molecular complexity index is 608. The average molecular weight is 338 g/mol. The zero-order valence-electron chi connectivity index (χ0n) is 9.94. The lowest BCUT2D eigenvalue weighted by Gasteiger charge is -2.08. The van der Waals surface area contributed by atoms with Gasteiger partial charge in [-0.1, -0.05) is 33.6 Å². The van der Waals surface area contributed by atoms with Crippen LogP contribution in [0.4, 0.5) is 0 Å². The molecule has 0 aliphatic carbocycles. The molecule has 0 saturated carbocycles. The van der Waals surface area contributed by atoms with Gasteiger partial charge in [0.05, 0.1) is 23.5 Å². The molecule has 0 spiro atoms. The molecule has 0 radical (unpaired) electrons. The van der Waals surface area contributed by atoms with Crippen molar-refractivity contribution in [1.82, 2.24) is 4.98 Å². The van der Waals surface area contributed by atoms with E-state index in [1.807, 2.05) is 18.2 Å². The highest BCUT2D eigenvalue weighted by Crippen LogP contribution is 2.20. The molecule has 3 nitrogen and oxygen atoms in total. The number of nitriles is 1. The summed E-state index contributed by atoms with van der Waals surface area (Å²) >= 11 is 9.40. The predicted molar refractivity (Wildman–Crippen MR) is 77.4 cm³/mol. The monoisotopic (exact) mass is 336 g/mol. The lowest BCUT2D eigenvalue weighted by atomic mass is 10.1. The van der Waals surface area contributed by atoms with Crippen molar-refractivity contribution in [3.63, 3.8) is 0 Å². The second-order valence-corrected chi connectivity index (χ2v) is 4.79. The fraction of sp³-hybridized carbons (Fsp3) is 0.143. The molecule has 1 aromatic heterocycles. The van der Waals surface area contributed by atoms with Crippen LogP contribution in [0.15, 0.2) is 36.5 Å². The summed E-state index contributed by atoms with van der Waals surface area (Å²) in [5.74, 6) is 0.685. The third-order valence-corrected chi connectivity index (χ3v) is 3.44. The molecule has 0 aliphatic heterocycles. The lowest BCUT2D eigenvalue weighted by Crippen LogP contribution is -1.97. The summed E-state index contributed by atoms with van der Waals surface area (Å²) in [5, 5.41) is 10.0. The Balaban J connectivity index is 2.04. The van der Waals surface area contributed by atoms with Crippen molar-refractivity contribution in [1.29, 1.82) is 5.26 Å². The van der Waals surface area contributed by atoms with Crippen LogP contribution in [0.3, 0.4) is 0 Å². The highest BCUT2D eigenvalue weighted by Gasteiger charge is 2.03. The molecule has 0 N–H and O–H groups in total. The Hall–Kier alpha value is -1.57. The minimum absolute atomic E-state index is 0.347. The molecule has 5 heteroatoms. The first-order valence-corrected chi connectivity index (χ1v) is 7.05. The fourth-order valence-corrected chi connectivity index (χ4v) is 2.04. The van der Waals surface area contributed by atoms with Crippen molar-refractivity contribution < 1.29 is 4.74 Å². The van der Waals surface area contributed by atoms with E-state index in [4.69, 9.17) is 21.6 Å². The van der Waals surface area contributed by atoms with Crippen LogP contribution in [0.5, 0.6) is 5.75 Å². The van der Waals surface area contributed by atoms with Gasteiger partial charge in [0.15, 0.2) is 0 Å². The molecule has 0 amide bonds. The number of pyridine rings is 1. The highest BCUT2D eigenvalue weighted by atomic mass is 79.9. The van der Waals surface area contributed by atoms with E-state index in [2.05, 4.69) is 20.9 Å². The number of alkyl halides is 1. The zero-order valence-corrected chi connectivity index (χ0v) is 12.3. The summed E-state index contributed by atoms with van der Waals surface area (Å²) in [7, 11) is 0. The smallest absolute Gasteiger partial charge is 0.138 e. The molecule has 0 bridgehead atoms. The fourth-order valence-electron chi connectivity index (χ4n) is 1.47. The molecule has 1 aromatic carbocycles.